The van der Waals surface area contributed by atoms with Crippen molar-refractivity contribution in [2.75, 3.05) is 19.7 Å². The molecule has 2 aromatic rings. The van der Waals surface area contributed by atoms with Gasteiger partial charge in [0.15, 0.2) is 0 Å². The van der Waals surface area contributed by atoms with E-state index in [1.807, 2.05) is 31.2 Å². The first-order valence-electron chi connectivity index (χ1n) is 10.1. The second-order valence-corrected chi connectivity index (χ2v) is 9.78. The van der Waals surface area contributed by atoms with Crippen molar-refractivity contribution in [3.8, 4) is 5.75 Å². The lowest BCUT2D eigenvalue weighted by Crippen LogP contribution is -2.45. The number of carbonyl (C=O) groups excluding carboxylic acids is 1. The molecule has 1 aliphatic heterocycles. The van der Waals surface area contributed by atoms with Gasteiger partial charge in [-0.25, -0.2) is 8.42 Å². The van der Waals surface area contributed by atoms with Gasteiger partial charge >= 0.3 is 0 Å². The lowest BCUT2D eigenvalue weighted by Gasteiger charge is -2.31. The van der Waals surface area contributed by atoms with Crippen LogP contribution in [0.2, 0.25) is 5.02 Å². The van der Waals surface area contributed by atoms with Crippen molar-refractivity contribution in [3.05, 3.63) is 58.6 Å². The molecule has 6 nitrogen and oxygen atoms in total. The zero-order valence-corrected chi connectivity index (χ0v) is 18.8. The maximum absolute atomic E-state index is 13.3. The Labute approximate surface area is 183 Å². The van der Waals surface area contributed by atoms with E-state index in [0.717, 1.165) is 11.1 Å². The normalized spacial score (nSPS) is 17.5. The van der Waals surface area contributed by atoms with Gasteiger partial charge in [0.05, 0.1) is 12.5 Å². The van der Waals surface area contributed by atoms with Crippen molar-refractivity contribution in [3.63, 3.8) is 0 Å². The van der Waals surface area contributed by atoms with Crippen LogP contribution in [0, 0.1) is 12.8 Å². The number of ether oxygens (including phenoxy) is 1. The van der Waals surface area contributed by atoms with Crippen LogP contribution in [0.3, 0.4) is 0 Å². The number of benzene rings is 2. The Kier molecular flexibility index (Phi) is 7.39. The fourth-order valence-corrected chi connectivity index (χ4v) is 5.55. The number of halogens is 1. The number of carbonyl (C=O) groups is 1. The molecule has 1 aliphatic rings. The molecule has 0 aromatic heterocycles. The fraction of sp³-hybridized carbons (Fsp3) is 0.409. The minimum absolute atomic E-state index is 0.0395. The van der Waals surface area contributed by atoms with Crippen LogP contribution >= 0.6 is 11.6 Å². The third kappa shape index (κ3) is 5.33. The lowest BCUT2D eigenvalue weighted by molar-refractivity contribution is -0.126. The SMILES string of the molecule is CCOc1ccc(Cl)cc1S(=O)(=O)N1CCC[C@@H](C(=O)NCc2cccc(C)c2)C1. The summed E-state index contributed by atoms with van der Waals surface area (Å²) in [6.07, 6.45) is 1.27. The summed E-state index contributed by atoms with van der Waals surface area (Å²) in [5.74, 6) is -0.256. The molecule has 8 heteroatoms. The van der Waals surface area contributed by atoms with Gasteiger partial charge in [-0.05, 0) is 50.5 Å². The number of aryl methyl sites for hydroxylation is 1. The molecule has 1 fully saturated rings. The smallest absolute Gasteiger partial charge is 0.246 e. The van der Waals surface area contributed by atoms with Gasteiger partial charge in [-0.1, -0.05) is 41.4 Å². The molecule has 3 rings (SSSR count). The minimum atomic E-state index is -3.83. The Hall–Kier alpha value is -2.09. The summed E-state index contributed by atoms with van der Waals surface area (Å²) in [4.78, 5) is 12.8. The van der Waals surface area contributed by atoms with E-state index < -0.39 is 15.9 Å². The van der Waals surface area contributed by atoms with E-state index in [0.29, 0.717) is 37.6 Å². The second kappa shape index (κ2) is 9.81. The number of piperidine rings is 1. The van der Waals surface area contributed by atoms with E-state index in [4.69, 9.17) is 16.3 Å². The first-order valence-corrected chi connectivity index (χ1v) is 11.9. The van der Waals surface area contributed by atoms with E-state index in [1.165, 1.54) is 10.4 Å². The van der Waals surface area contributed by atoms with Crippen molar-refractivity contribution >= 4 is 27.5 Å². The Morgan fingerprint density at radius 2 is 2.07 bits per heavy atom. The van der Waals surface area contributed by atoms with Crippen molar-refractivity contribution in [2.24, 2.45) is 5.92 Å². The van der Waals surface area contributed by atoms with E-state index >= 15 is 0 Å². The van der Waals surface area contributed by atoms with Gasteiger partial charge in [0.25, 0.3) is 0 Å². The predicted molar refractivity (Wildman–Crippen MR) is 117 cm³/mol. The Balaban J connectivity index is 1.72. The molecular formula is C22H27ClN2O4S. The number of rotatable bonds is 7. The van der Waals surface area contributed by atoms with E-state index in [2.05, 4.69) is 5.32 Å². The first-order chi connectivity index (χ1) is 14.3. The molecule has 1 N–H and O–H groups in total. The van der Waals surface area contributed by atoms with E-state index in [-0.39, 0.29) is 23.1 Å². The minimum Gasteiger partial charge on any atom is -0.492 e. The van der Waals surface area contributed by atoms with Crippen LogP contribution in [0.1, 0.15) is 30.9 Å². The average molecular weight is 451 g/mol. The van der Waals surface area contributed by atoms with Crippen LogP contribution in [0.5, 0.6) is 5.75 Å². The van der Waals surface area contributed by atoms with Crippen molar-refractivity contribution < 1.29 is 17.9 Å². The molecule has 0 spiro atoms. The first kappa shape index (κ1) is 22.6. The predicted octanol–water partition coefficient (Wildman–Crippen LogP) is 3.76. The Bertz CT molecular complexity index is 1010. The van der Waals surface area contributed by atoms with Crippen LogP contribution in [0.4, 0.5) is 0 Å². The third-order valence-electron chi connectivity index (χ3n) is 5.13. The highest BCUT2D eigenvalue weighted by Gasteiger charge is 2.35. The summed E-state index contributed by atoms with van der Waals surface area (Å²) in [7, 11) is -3.83. The third-order valence-corrected chi connectivity index (χ3v) is 7.25. The summed E-state index contributed by atoms with van der Waals surface area (Å²) in [6, 6.07) is 12.5. The number of nitrogens with one attached hydrogen (secondary N) is 1. The number of sulfonamides is 1. The van der Waals surface area contributed by atoms with E-state index in [1.54, 1.807) is 19.1 Å². The quantitative estimate of drug-likeness (QED) is 0.696. The molecule has 0 unspecified atom stereocenters. The van der Waals surface area contributed by atoms with Gasteiger partial charge in [0.2, 0.25) is 15.9 Å². The summed E-state index contributed by atoms with van der Waals surface area (Å²) in [5.41, 5.74) is 2.15. The zero-order chi connectivity index (χ0) is 21.7. The Morgan fingerprint density at radius 3 is 2.80 bits per heavy atom. The molecule has 0 radical (unpaired) electrons. The summed E-state index contributed by atoms with van der Waals surface area (Å²) >= 11 is 6.05. The van der Waals surface area contributed by atoms with Gasteiger partial charge in [-0.2, -0.15) is 4.31 Å². The fourth-order valence-electron chi connectivity index (χ4n) is 3.63. The van der Waals surface area contributed by atoms with Crippen LogP contribution in [-0.2, 0) is 21.4 Å². The molecule has 0 saturated carbocycles. The number of nitrogens with zero attached hydrogens (tertiary/aromatic N) is 1. The van der Waals surface area contributed by atoms with Gasteiger partial charge < -0.3 is 10.1 Å². The maximum atomic E-state index is 13.3. The highest BCUT2D eigenvalue weighted by Crippen LogP contribution is 2.32. The molecule has 1 amide bonds. The average Bonchev–Trinajstić information content (AvgIpc) is 2.73. The van der Waals surface area contributed by atoms with Gasteiger partial charge in [-0.3, -0.25) is 4.79 Å². The van der Waals surface area contributed by atoms with Gasteiger partial charge in [0, 0.05) is 24.7 Å². The zero-order valence-electron chi connectivity index (χ0n) is 17.2. The molecule has 30 heavy (non-hydrogen) atoms. The maximum Gasteiger partial charge on any atom is 0.246 e. The largest absolute Gasteiger partial charge is 0.492 e. The monoisotopic (exact) mass is 450 g/mol. The molecule has 0 bridgehead atoms. The number of amides is 1. The molecule has 1 atom stereocenters. The van der Waals surface area contributed by atoms with Crippen molar-refractivity contribution in [1.29, 1.82) is 0 Å². The summed E-state index contributed by atoms with van der Waals surface area (Å²) in [5, 5.41) is 3.26. The summed E-state index contributed by atoms with van der Waals surface area (Å²) in [6.45, 7) is 5.06. The molecule has 1 saturated heterocycles. The van der Waals surface area contributed by atoms with Gasteiger partial charge in [-0.15, -0.1) is 0 Å². The highest BCUT2D eigenvalue weighted by molar-refractivity contribution is 7.89. The molecule has 162 valence electrons. The molecule has 0 aliphatic carbocycles. The topological polar surface area (TPSA) is 75.7 Å². The van der Waals surface area contributed by atoms with Crippen LogP contribution < -0.4 is 10.1 Å². The number of hydrogen-bond acceptors (Lipinski definition) is 4. The van der Waals surface area contributed by atoms with Crippen LogP contribution in [-0.4, -0.2) is 38.3 Å². The standard InChI is InChI=1S/C22H27ClN2O4S/c1-3-29-20-10-9-19(23)13-21(20)30(27,28)25-11-5-8-18(15-25)22(26)24-14-17-7-4-6-16(2)12-17/h4,6-7,9-10,12-13,18H,3,5,8,11,14-15H2,1-2H3,(H,24,26)/t18-/m1/s1. The van der Waals surface area contributed by atoms with Crippen LogP contribution in [0.25, 0.3) is 0 Å². The Morgan fingerprint density at radius 1 is 1.27 bits per heavy atom. The second-order valence-electron chi connectivity index (χ2n) is 7.43. The molecule has 2 aromatic carbocycles. The molecular weight excluding hydrogens is 424 g/mol. The summed E-state index contributed by atoms with van der Waals surface area (Å²) < 4.78 is 33.4. The number of hydrogen-bond donors (Lipinski definition) is 1. The highest BCUT2D eigenvalue weighted by atomic mass is 35.5. The lowest BCUT2D eigenvalue weighted by atomic mass is 9.98. The molecule has 1 heterocycles. The van der Waals surface area contributed by atoms with Crippen molar-refractivity contribution in [1.82, 2.24) is 9.62 Å². The van der Waals surface area contributed by atoms with Crippen molar-refractivity contribution in [2.45, 2.75) is 38.1 Å². The van der Waals surface area contributed by atoms with Gasteiger partial charge in [0.1, 0.15) is 10.6 Å². The van der Waals surface area contributed by atoms with Crippen LogP contribution in [0.15, 0.2) is 47.4 Å². The van der Waals surface area contributed by atoms with E-state index in [9.17, 15) is 13.2 Å².